The summed E-state index contributed by atoms with van der Waals surface area (Å²) in [5.41, 5.74) is 3.32. The Morgan fingerprint density at radius 1 is 1.17 bits per heavy atom. The largest absolute Gasteiger partial charge is 0.320 e. The molecule has 0 aliphatic carbocycles. The average Bonchev–Trinajstić information content (AvgIpc) is 2.32. The maximum absolute atomic E-state index is 12.2. The molecule has 1 amide bonds. The van der Waals surface area contributed by atoms with Gasteiger partial charge in [-0.05, 0) is 53.0 Å². The van der Waals surface area contributed by atoms with Crippen molar-refractivity contribution >= 4 is 27.5 Å². The van der Waals surface area contributed by atoms with E-state index in [1.807, 2.05) is 38.1 Å². The van der Waals surface area contributed by atoms with Crippen molar-refractivity contribution in [3.05, 3.63) is 57.8 Å². The van der Waals surface area contributed by atoms with Crippen molar-refractivity contribution in [3.8, 4) is 0 Å². The quantitative estimate of drug-likeness (QED) is 0.859. The first-order chi connectivity index (χ1) is 8.59. The number of benzene rings is 1. The van der Waals surface area contributed by atoms with Crippen LogP contribution in [0.3, 0.4) is 0 Å². The predicted molar refractivity (Wildman–Crippen MR) is 75.8 cm³/mol. The summed E-state index contributed by atoms with van der Waals surface area (Å²) in [5.74, 6) is -0.112. The highest BCUT2D eigenvalue weighted by atomic mass is 79.9. The molecule has 4 heteroatoms. The van der Waals surface area contributed by atoms with E-state index in [4.69, 9.17) is 0 Å². The monoisotopic (exact) mass is 304 g/mol. The standard InChI is InChI=1S/C14H13BrN2O/c1-9-5-3-6-10(2)12(9)14(18)17-11-7-4-8-16-13(11)15/h3-8H,1-2H3,(H,17,18). The fourth-order valence-electron chi connectivity index (χ4n) is 1.84. The van der Waals surface area contributed by atoms with Gasteiger partial charge < -0.3 is 5.32 Å². The maximum Gasteiger partial charge on any atom is 0.256 e. The van der Waals surface area contributed by atoms with Gasteiger partial charge in [0.05, 0.1) is 5.69 Å². The summed E-state index contributed by atoms with van der Waals surface area (Å²) in [7, 11) is 0. The van der Waals surface area contributed by atoms with Gasteiger partial charge in [-0.2, -0.15) is 0 Å². The average molecular weight is 305 g/mol. The Hall–Kier alpha value is -1.68. The third kappa shape index (κ3) is 2.59. The minimum absolute atomic E-state index is 0.112. The van der Waals surface area contributed by atoms with E-state index in [2.05, 4.69) is 26.2 Å². The molecule has 0 saturated heterocycles. The van der Waals surface area contributed by atoms with Crippen LogP contribution in [0.1, 0.15) is 21.5 Å². The van der Waals surface area contributed by atoms with Crippen LogP contribution in [-0.2, 0) is 0 Å². The van der Waals surface area contributed by atoms with E-state index in [0.717, 1.165) is 11.1 Å². The van der Waals surface area contributed by atoms with E-state index < -0.39 is 0 Å². The maximum atomic E-state index is 12.2. The molecule has 0 atom stereocenters. The second-order valence-corrected chi connectivity index (χ2v) is 4.81. The second kappa shape index (κ2) is 5.31. The highest BCUT2D eigenvalue weighted by molar-refractivity contribution is 9.10. The minimum atomic E-state index is -0.112. The number of nitrogens with one attached hydrogen (secondary N) is 1. The van der Waals surface area contributed by atoms with E-state index in [1.165, 1.54) is 0 Å². The van der Waals surface area contributed by atoms with E-state index in [9.17, 15) is 4.79 Å². The number of rotatable bonds is 2. The van der Waals surface area contributed by atoms with Crippen LogP contribution in [0.2, 0.25) is 0 Å². The van der Waals surface area contributed by atoms with Gasteiger partial charge in [0.25, 0.3) is 5.91 Å². The van der Waals surface area contributed by atoms with Gasteiger partial charge in [-0.3, -0.25) is 4.79 Å². The van der Waals surface area contributed by atoms with Gasteiger partial charge in [0.15, 0.2) is 0 Å². The van der Waals surface area contributed by atoms with Gasteiger partial charge in [-0.25, -0.2) is 4.98 Å². The third-order valence-electron chi connectivity index (χ3n) is 2.72. The van der Waals surface area contributed by atoms with Crippen molar-refractivity contribution in [1.82, 2.24) is 4.98 Å². The van der Waals surface area contributed by atoms with Crippen molar-refractivity contribution in [2.75, 3.05) is 5.32 Å². The van der Waals surface area contributed by atoms with Crippen LogP contribution in [0.25, 0.3) is 0 Å². The molecule has 0 bridgehead atoms. The zero-order valence-electron chi connectivity index (χ0n) is 10.2. The number of hydrogen-bond acceptors (Lipinski definition) is 2. The van der Waals surface area contributed by atoms with Crippen LogP contribution < -0.4 is 5.32 Å². The first-order valence-corrected chi connectivity index (χ1v) is 6.37. The lowest BCUT2D eigenvalue weighted by molar-refractivity contribution is 0.102. The number of aryl methyl sites for hydroxylation is 2. The fraction of sp³-hybridized carbons (Fsp3) is 0.143. The first kappa shape index (κ1) is 12.8. The SMILES string of the molecule is Cc1cccc(C)c1C(=O)Nc1cccnc1Br. The highest BCUT2D eigenvalue weighted by Crippen LogP contribution is 2.21. The fourth-order valence-corrected chi connectivity index (χ4v) is 2.19. The van der Waals surface area contributed by atoms with Crippen molar-refractivity contribution in [1.29, 1.82) is 0 Å². The molecule has 0 saturated carbocycles. The van der Waals surface area contributed by atoms with Crippen LogP contribution >= 0.6 is 15.9 Å². The summed E-state index contributed by atoms with van der Waals surface area (Å²) < 4.78 is 0.629. The van der Waals surface area contributed by atoms with E-state index in [1.54, 1.807) is 12.3 Å². The summed E-state index contributed by atoms with van der Waals surface area (Å²) in [6, 6.07) is 9.40. The molecule has 2 aromatic rings. The van der Waals surface area contributed by atoms with Crippen LogP contribution in [0, 0.1) is 13.8 Å². The molecule has 3 nitrogen and oxygen atoms in total. The number of amides is 1. The normalized spacial score (nSPS) is 10.2. The molecule has 1 aromatic carbocycles. The molecular formula is C14H13BrN2O. The number of carbonyl (C=O) groups is 1. The molecule has 92 valence electrons. The molecule has 0 radical (unpaired) electrons. The van der Waals surface area contributed by atoms with Crippen molar-refractivity contribution < 1.29 is 4.79 Å². The van der Waals surface area contributed by atoms with Crippen LogP contribution in [0.15, 0.2) is 41.1 Å². The molecule has 0 spiro atoms. The van der Waals surface area contributed by atoms with Crippen LogP contribution in [0.4, 0.5) is 5.69 Å². The van der Waals surface area contributed by atoms with Gasteiger partial charge in [0, 0.05) is 11.8 Å². The zero-order chi connectivity index (χ0) is 13.1. The Balaban J connectivity index is 2.31. The van der Waals surface area contributed by atoms with Gasteiger partial charge in [0.1, 0.15) is 4.60 Å². The molecule has 18 heavy (non-hydrogen) atoms. The lowest BCUT2D eigenvalue weighted by Gasteiger charge is -2.10. The predicted octanol–water partition coefficient (Wildman–Crippen LogP) is 3.71. The summed E-state index contributed by atoms with van der Waals surface area (Å²) >= 11 is 3.31. The van der Waals surface area contributed by atoms with Crippen molar-refractivity contribution in [3.63, 3.8) is 0 Å². The van der Waals surface area contributed by atoms with Crippen molar-refractivity contribution in [2.45, 2.75) is 13.8 Å². The van der Waals surface area contributed by atoms with Gasteiger partial charge >= 0.3 is 0 Å². The van der Waals surface area contributed by atoms with Crippen molar-refractivity contribution in [2.24, 2.45) is 0 Å². The van der Waals surface area contributed by atoms with E-state index >= 15 is 0 Å². The summed E-state index contributed by atoms with van der Waals surface area (Å²) in [6.07, 6.45) is 1.67. The van der Waals surface area contributed by atoms with Gasteiger partial charge in [0.2, 0.25) is 0 Å². The Labute approximate surface area is 114 Å². The summed E-state index contributed by atoms with van der Waals surface area (Å²) in [6.45, 7) is 3.86. The number of aromatic nitrogens is 1. The minimum Gasteiger partial charge on any atom is -0.320 e. The number of nitrogens with zero attached hydrogens (tertiary/aromatic N) is 1. The number of pyridine rings is 1. The van der Waals surface area contributed by atoms with Crippen LogP contribution in [0.5, 0.6) is 0 Å². The number of halogens is 1. The topological polar surface area (TPSA) is 42.0 Å². The molecule has 0 aliphatic rings. The molecular weight excluding hydrogens is 292 g/mol. The summed E-state index contributed by atoms with van der Waals surface area (Å²) in [5, 5.41) is 2.86. The first-order valence-electron chi connectivity index (χ1n) is 5.57. The lowest BCUT2D eigenvalue weighted by Crippen LogP contribution is -2.15. The van der Waals surface area contributed by atoms with Crippen LogP contribution in [-0.4, -0.2) is 10.9 Å². The molecule has 0 unspecified atom stereocenters. The molecule has 2 rings (SSSR count). The lowest BCUT2D eigenvalue weighted by atomic mass is 10.0. The molecule has 0 fully saturated rings. The summed E-state index contributed by atoms with van der Waals surface area (Å²) in [4.78, 5) is 16.3. The molecule has 1 aromatic heterocycles. The molecule has 1 N–H and O–H groups in total. The molecule has 1 heterocycles. The Bertz CT molecular complexity index is 576. The van der Waals surface area contributed by atoms with E-state index in [-0.39, 0.29) is 5.91 Å². The highest BCUT2D eigenvalue weighted by Gasteiger charge is 2.13. The number of carbonyl (C=O) groups excluding carboxylic acids is 1. The Morgan fingerprint density at radius 2 is 1.83 bits per heavy atom. The molecule has 0 aliphatic heterocycles. The van der Waals surface area contributed by atoms with Gasteiger partial charge in [-0.15, -0.1) is 0 Å². The second-order valence-electron chi connectivity index (χ2n) is 4.06. The zero-order valence-corrected chi connectivity index (χ0v) is 11.8. The Kier molecular flexibility index (Phi) is 3.77. The van der Waals surface area contributed by atoms with E-state index in [0.29, 0.717) is 15.9 Å². The smallest absolute Gasteiger partial charge is 0.256 e. The number of hydrogen-bond donors (Lipinski definition) is 1. The third-order valence-corrected chi connectivity index (χ3v) is 3.35. The number of anilines is 1. The van der Waals surface area contributed by atoms with Gasteiger partial charge in [-0.1, -0.05) is 18.2 Å². The Morgan fingerprint density at radius 3 is 2.44 bits per heavy atom.